The van der Waals surface area contributed by atoms with E-state index in [9.17, 15) is 0 Å². The van der Waals surface area contributed by atoms with E-state index >= 15 is 0 Å². The SMILES string of the molecule is CCCCCCCCCCCCCCCCCCN1CCCCC1CCOCCCCCl. The van der Waals surface area contributed by atoms with Gasteiger partial charge in [0, 0.05) is 25.1 Å². The van der Waals surface area contributed by atoms with Crippen LogP contribution in [0, 0.1) is 0 Å². The fourth-order valence-electron chi connectivity index (χ4n) is 5.16. The summed E-state index contributed by atoms with van der Waals surface area (Å²) in [6.07, 6.45) is 30.8. The Morgan fingerprint density at radius 1 is 0.656 bits per heavy atom. The molecule has 1 aliphatic heterocycles. The molecule has 1 rings (SSSR count). The standard InChI is InChI=1S/C29H58ClNO/c1-2-3-4-5-6-7-8-9-10-11-12-13-14-15-16-19-25-31-26-20-17-22-29(31)23-28-32-27-21-18-24-30/h29H,2-28H2,1H3. The van der Waals surface area contributed by atoms with Crippen molar-refractivity contribution >= 4 is 11.6 Å². The summed E-state index contributed by atoms with van der Waals surface area (Å²) >= 11 is 5.73. The maximum Gasteiger partial charge on any atom is 0.0480 e. The van der Waals surface area contributed by atoms with Gasteiger partial charge in [-0.2, -0.15) is 0 Å². The molecule has 0 aromatic rings. The Balaban J connectivity index is 1.86. The zero-order chi connectivity index (χ0) is 23.0. The molecule has 0 N–H and O–H groups in total. The van der Waals surface area contributed by atoms with Gasteiger partial charge in [-0.3, -0.25) is 0 Å². The molecule has 3 heteroatoms. The van der Waals surface area contributed by atoms with E-state index in [1.165, 1.54) is 142 Å². The van der Waals surface area contributed by atoms with Crippen molar-refractivity contribution in [2.75, 3.05) is 32.2 Å². The Kier molecular flexibility index (Phi) is 23.0. The van der Waals surface area contributed by atoms with Gasteiger partial charge in [0.25, 0.3) is 0 Å². The van der Waals surface area contributed by atoms with Crippen molar-refractivity contribution < 1.29 is 4.74 Å². The van der Waals surface area contributed by atoms with Crippen LogP contribution >= 0.6 is 11.6 Å². The van der Waals surface area contributed by atoms with Crippen LogP contribution < -0.4 is 0 Å². The first-order valence-electron chi connectivity index (χ1n) is 14.8. The molecular weight excluding hydrogens is 414 g/mol. The smallest absolute Gasteiger partial charge is 0.0480 e. The molecule has 0 spiro atoms. The minimum absolute atomic E-state index is 0.763. The van der Waals surface area contributed by atoms with Gasteiger partial charge >= 0.3 is 0 Å². The highest BCUT2D eigenvalue weighted by atomic mass is 35.5. The van der Waals surface area contributed by atoms with Gasteiger partial charge in [-0.15, -0.1) is 11.6 Å². The molecule has 0 aromatic carbocycles. The van der Waals surface area contributed by atoms with Crippen molar-refractivity contribution in [3.8, 4) is 0 Å². The highest BCUT2D eigenvalue weighted by molar-refractivity contribution is 6.17. The van der Waals surface area contributed by atoms with Crippen molar-refractivity contribution in [1.82, 2.24) is 4.90 Å². The lowest BCUT2D eigenvalue weighted by Gasteiger charge is -2.35. The largest absolute Gasteiger partial charge is 0.381 e. The number of hydrogen-bond donors (Lipinski definition) is 0. The van der Waals surface area contributed by atoms with Gasteiger partial charge in [0.15, 0.2) is 0 Å². The monoisotopic (exact) mass is 471 g/mol. The van der Waals surface area contributed by atoms with E-state index in [0.717, 1.165) is 38.0 Å². The van der Waals surface area contributed by atoms with Gasteiger partial charge in [-0.1, -0.05) is 110 Å². The fourth-order valence-corrected chi connectivity index (χ4v) is 5.35. The Hall–Kier alpha value is 0.210. The molecular formula is C29H58ClNO. The Morgan fingerprint density at radius 3 is 1.78 bits per heavy atom. The van der Waals surface area contributed by atoms with E-state index in [1.807, 2.05) is 0 Å². The summed E-state index contributed by atoms with van der Waals surface area (Å²) in [4.78, 5) is 2.77. The minimum atomic E-state index is 0.763. The molecule has 1 fully saturated rings. The van der Waals surface area contributed by atoms with Crippen molar-refractivity contribution in [2.45, 2.75) is 154 Å². The number of piperidine rings is 1. The molecule has 1 unspecified atom stereocenters. The molecule has 32 heavy (non-hydrogen) atoms. The second-order valence-electron chi connectivity index (χ2n) is 10.3. The van der Waals surface area contributed by atoms with Gasteiger partial charge in [0.2, 0.25) is 0 Å². The molecule has 0 saturated carbocycles. The quantitative estimate of drug-likeness (QED) is 0.102. The number of nitrogens with zero attached hydrogens (tertiary/aromatic N) is 1. The van der Waals surface area contributed by atoms with E-state index in [2.05, 4.69) is 11.8 Å². The first-order valence-corrected chi connectivity index (χ1v) is 15.3. The van der Waals surface area contributed by atoms with E-state index in [0.29, 0.717) is 0 Å². The number of unbranched alkanes of at least 4 members (excludes halogenated alkanes) is 16. The first-order chi connectivity index (χ1) is 15.9. The van der Waals surface area contributed by atoms with Crippen LogP contribution in [0.1, 0.15) is 148 Å². The number of rotatable bonds is 24. The fraction of sp³-hybridized carbons (Fsp3) is 1.00. The van der Waals surface area contributed by atoms with Crippen LogP contribution in [0.25, 0.3) is 0 Å². The molecule has 1 atom stereocenters. The van der Waals surface area contributed by atoms with Crippen LogP contribution in [0.15, 0.2) is 0 Å². The second-order valence-corrected chi connectivity index (χ2v) is 10.7. The molecule has 0 aromatic heterocycles. The summed E-state index contributed by atoms with van der Waals surface area (Å²) in [5, 5.41) is 0. The van der Waals surface area contributed by atoms with Crippen molar-refractivity contribution in [3.05, 3.63) is 0 Å². The molecule has 192 valence electrons. The average molecular weight is 472 g/mol. The topological polar surface area (TPSA) is 12.5 Å². The molecule has 2 nitrogen and oxygen atoms in total. The van der Waals surface area contributed by atoms with Gasteiger partial charge in [0.05, 0.1) is 0 Å². The van der Waals surface area contributed by atoms with Gasteiger partial charge in [0.1, 0.15) is 0 Å². The summed E-state index contributed by atoms with van der Waals surface area (Å²) in [7, 11) is 0. The molecule has 1 saturated heterocycles. The number of alkyl halides is 1. The average Bonchev–Trinajstić information content (AvgIpc) is 2.82. The Morgan fingerprint density at radius 2 is 1.22 bits per heavy atom. The summed E-state index contributed by atoms with van der Waals surface area (Å²) in [5.74, 6) is 0.763. The Bertz CT molecular complexity index is 365. The second kappa shape index (κ2) is 24.3. The van der Waals surface area contributed by atoms with Crippen LogP contribution in [-0.4, -0.2) is 43.1 Å². The first kappa shape index (κ1) is 30.2. The third-order valence-corrected chi connectivity index (χ3v) is 7.58. The highest BCUT2D eigenvalue weighted by Gasteiger charge is 2.21. The number of likely N-dealkylation sites (tertiary alicyclic amines) is 1. The van der Waals surface area contributed by atoms with E-state index in [1.54, 1.807) is 0 Å². The third-order valence-electron chi connectivity index (χ3n) is 7.32. The summed E-state index contributed by atoms with van der Waals surface area (Å²) < 4.78 is 5.84. The van der Waals surface area contributed by atoms with E-state index in [-0.39, 0.29) is 0 Å². The molecule has 1 aliphatic rings. The highest BCUT2D eigenvalue weighted by Crippen LogP contribution is 2.21. The predicted octanol–water partition coefficient (Wildman–Crippen LogP) is 9.53. The van der Waals surface area contributed by atoms with Crippen LogP contribution in [-0.2, 0) is 4.74 Å². The van der Waals surface area contributed by atoms with Crippen LogP contribution in [0.4, 0.5) is 0 Å². The summed E-state index contributed by atoms with van der Waals surface area (Å²) in [6, 6.07) is 0.771. The van der Waals surface area contributed by atoms with Gasteiger partial charge in [-0.05, 0) is 51.6 Å². The maximum absolute atomic E-state index is 5.84. The zero-order valence-electron chi connectivity index (χ0n) is 21.9. The van der Waals surface area contributed by atoms with Gasteiger partial charge < -0.3 is 9.64 Å². The lowest BCUT2D eigenvalue weighted by molar-refractivity contribution is 0.0781. The van der Waals surface area contributed by atoms with E-state index < -0.39 is 0 Å². The normalized spacial score (nSPS) is 17.2. The lowest BCUT2D eigenvalue weighted by Crippen LogP contribution is -2.40. The van der Waals surface area contributed by atoms with Gasteiger partial charge in [-0.25, -0.2) is 0 Å². The number of hydrogen-bond acceptors (Lipinski definition) is 2. The molecule has 0 bridgehead atoms. The number of ether oxygens (including phenoxy) is 1. The summed E-state index contributed by atoms with van der Waals surface area (Å²) in [6.45, 7) is 6.75. The van der Waals surface area contributed by atoms with Crippen LogP contribution in [0.3, 0.4) is 0 Å². The van der Waals surface area contributed by atoms with Crippen molar-refractivity contribution in [3.63, 3.8) is 0 Å². The zero-order valence-corrected chi connectivity index (χ0v) is 22.7. The molecule has 0 amide bonds. The number of halogens is 1. The van der Waals surface area contributed by atoms with E-state index in [4.69, 9.17) is 16.3 Å². The minimum Gasteiger partial charge on any atom is -0.381 e. The summed E-state index contributed by atoms with van der Waals surface area (Å²) in [5.41, 5.74) is 0. The third kappa shape index (κ3) is 18.6. The van der Waals surface area contributed by atoms with Crippen LogP contribution in [0.5, 0.6) is 0 Å². The lowest BCUT2D eigenvalue weighted by atomic mass is 9.99. The molecule has 1 heterocycles. The molecule has 0 aliphatic carbocycles. The van der Waals surface area contributed by atoms with Crippen LogP contribution in [0.2, 0.25) is 0 Å². The Labute approximate surface area is 207 Å². The molecule has 0 radical (unpaired) electrons. The van der Waals surface area contributed by atoms with Crippen molar-refractivity contribution in [1.29, 1.82) is 0 Å². The van der Waals surface area contributed by atoms with Crippen molar-refractivity contribution in [2.24, 2.45) is 0 Å². The predicted molar refractivity (Wildman–Crippen MR) is 144 cm³/mol. The maximum atomic E-state index is 5.84.